The number of halogens is 3. The molecule has 14 heavy (non-hydrogen) atoms. The maximum atomic E-state index is 5.85. The van der Waals surface area contributed by atoms with Crippen LogP contribution < -0.4 is 0 Å². The van der Waals surface area contributed by atoms with E-state index in [0.29, 0.717) is 15.1 Å². The third-order valence-corrected chi connectivity index (χ3v) is 2.29. The molecule has 0 N–H and O–H groups in total. The lowest BCUT2D eigenvalue weighted by Gasteiger charge is -2.02. The van der Waals surface area contributed by atoms with E-state index in [1.807, 2.05) is 0 Å². The SMILES string of the molecule is Clc1cc(Cl)cc(-n2cc(Cl)cn2)c1. The average molecular weight is 248 g/mol. The number of aromatic nitrogens is 2. The molecule has 0 amide bonds. The van der Waals surface area contributed by atoms with E-state index >= 15 is 0 Å². The van der Waals surface area contributed by atoms with Crippen LogP contribution in [0.2, 0.25) is 15.1 Å². The molecule has 2 nitrogen and oxygen atoms in total. The summed E-state index contributed by atoms with van der Waals surface area (Å²) in [5.74, 6) is 0. The zero-order valence-corrected chi connectivity index (χ0v) is 9.18. The normalized spacial score (nSPS) is 10.5. The van der Waals surface area contributed by atoms with E-state index in [1.54, 1.807) is 35.3 Å². The Hall–Kier alpha value is -0.700. The molecule has 0 bridgehead atoms. The minimum absolute atomic E-state index is 0.569. The van der Waals surface area contributed by atoms with Crippen LogP contribution in [-0.2, 0) is 0 Å². The maximum absolute atomic E-state index is 5.85. The summed E-state index contributed by atoms with van der Waals surface area (Å²) in [7, 11) is 0. The molecule has 1 heterocycles. The van der Waals surface area contributed by atoms with Crippen LogP contribution in [-0.4, -0.2) is 9.78 Å². The summed E-state index contributed by atoms with van der Waals surface area (Å²) in [5.41, 5.74) is 0.786. The first kappa shape index (κ1) is 9.84. The smallest absolute Gasteiger partial charge is 0.0790 e. The Morgan fingerprint density at radius 3 is 2.07 bits per heavy atom. The third kappa shape index (κ3) is 2.03. The number of hydrogen-bond donors (Lipinski definition) is 0. The van der Waals surface area contributed by atoms with Gasteiger partial charge in [-0.2, -0.15) is 5.10 Å². The second-order valence-corrected chi connectivity index (χ2v) is 4.04. The first-order valence-corrected chi connectivity index (χ1v) is 4.95. The zero-order valence-electron chi connectivity index (χ0n) is 6.92. The van der Waals surface area contributed by atoms with E-state index in [-0.39, 0.29) is 0 Å². The Labute approximate surface area is 96.0 Å². The van der Waals surface area contributed by atoms with E-state index in [9.17, 15) is 0 Å². The summed E-state index contributed by atoms with van der Waals surface area (Å²) in [6, 6.07) is 5.19. The van der Waals surface area contributed by atoms with Gasteiger partial charge in [-0.1, -0.05) is 34.8 Å². The van der Waals surface area contributed by atoms with Gasteiger partial charge in [-0.3, -0.25) is 0 Å². The van der Waals surface area contributed by atoms with Crippen molar-refractivity contribution in [3.05, 3.63) is 45.7 Å². The highest BCUT2D eigenvalue weighted by molar-refractivity contribution is 6.34. The molecular weight excluding hydrogens is 242 g/mol. The molecule has 2 rings (SSSR count). The Morgan fingerprint density at radius 1 is 0.929 bits per heavy atom. The lowest BCUT2D eigenvalue weighted by atomic mass is 10.3. The molecule has 0 radical (unpaired) electrons. The number of nitrogens with zero attached hydrogens (tertiary/aromatic N) is 2. The minimum atomic E-state index is 0.569. The van der Waals surface area contributed by atoms with Gasteiger partial charge in [0.25, 0.3) is 0 Å². The van der Waals surface area contributed by atoms with Gasteiger partial charge in [0.2, 0.25) is 0 Å². The average Bonchev–Trinajstić information content (AvgIpc) is 2.50. The van der Waals surface area contributed by atoms with Crippen LogP contribution in [0.25, 0.3) is 5.69 Å². The first-order valence-electron chi connectivity index (χ1n) is 3.82. The van der Waals surface area contributed by atoms with Crippen LogP contribution in [0.15, 0.2) is 30.6 Å². The molecule has 0 atom stereocenters. The van der Waals surface area contributed by atoms with Gasteiger partial charge < -0.3 is 0 Å². The van der Waals surface area contributed by atoms with Crippen molar-refractivity contribution in [2.45, 2.75) is 0 Å². The zero-order chi connectivity index (χ0) is 10.1. The van der Waals surface area contributed by atoms with Gasteiger partial charge in [0.05, 0.1) is 16.9 Å². The molecule has 2 aromatic rings. The van der Waals surface area contributed by atoms with E-state index in [4.69, 9.17) is 34.8 Å². The topological polar surface area (TPSA) is 17.8 Å². The molecular formula is C9H5Cl3N2. The second kappa shape index (κ2) is 3.81. The van der Waals surface area contributed by atoms with Crippen molar-refractivity contribution in [3.8, 4) is 5.69 Å². The van der Waals surface area contributed by atoms with Crippen LogP contribution in [0.5, 0.6) is 0 Å². The van der Waals surface area contributed by atoms with Gasteiger partial charge in [-0.25, -0.2) is 4.68 Å². The molecule has 72 valence electrons. The maximum Gasteiger partial charge on any atom is 0.0790 e. The van der Waals surface area contributed by atoms with Crippen LogP contribution in [0.1, 0.15) is 0 Å². The van der Waals surface area contributed by atoms with E-state index in [1.165, 1.54) is 0 Å². The van der Waals surface area contributed by atoms with Crippen molar-refractivity contribution in [1.29, 1.82) is 0 Å². The quantitative estimate of drug-likeness (QED) is 0.749. The van der Waals surface area contributed by atoms with Gasteiger partial charge >= 0.3 is 0 Å². The lowest BCUT2D eigenvalue weighted by molar-refractivity contribution is 0.881. The number of hydrogen-bond acceptors (Lipinski definition) is 1. The second-order valence-electron chi connectivity index (χ2n) is 2.73. The highest BCUT2D eigenvalue weighted by Gasteiger charge is 2.01. The summed E-state index contributed by atoms with van der Waals surface area (Å²) in [4.78, 5) is 0. The Bertz CT molecular complexity index is 445. The molecule has 0 saturated heterocycles. The van der Waals surface area contributed by atoms with Gasteiger partial charge in [-0.15, -0.1) is 0 Å². The molecule has 1 aromatic heterocycles. The largest absolute Gasteiger partial charge is 0.239 e. The van der Waals surface area contributed by atoms with Crippen molar-refractivity contribution in [2.75, 3.05) is 0 Å². The van der Waals surface area contributed by atoms with Crippen LogP contribution >= 0.6 is 34.8 Å². The molecule has 0 aliphatic heterocycles. The Kier molecular flexibility index (Phi) is 2.68. The van der Waals surface area contributed by atoms with Crippen molar-refractivity contribution in [1.82, 2.24) is 9.78 Å². The van der Waals surface area contributed by atoms with Crippen molar-refractivity contribution < 1.29 is 0 Å². The fraction of sp³-hybridized carbons (Fsp3) is 0. The molecule has 0 saturated carbocycles. The molecule has 0 aliphatic carbocycles. The highest BCUT2D eigenvalue weighted by atomic mass is 35.5. The van der Waals surface area contributed by atoms with Crippen LogP contribution in [0.3, 0.4) is 0 Å². The molecule has 5 heteroatoms. The minimum Gasteiger partial charge on any atom is -0.239 e. The summed E-state index contributed by atoms with van der Waals surface area (Å²) >= 11 is 17.4. The summed E-state index contributed by atoms with van der Waals surface area (Å²) in [6.07, 6.45) is 3.24. The van der Waals surface area contributed by atoms with Gasteiger partial charge in [-0.05, 0) is 18.2 Å². The fourth-order valence-corrected chi connectivity index (χ4v) is 1.76. The van der Waals surface area contributed by atoms with Crippen LogP contribution in [0, 0.1) is 0 Å². The van der Waals surface area contributed by atoms with E-state index < -0.39 is 0 Å². The van der Waals surface area contributed by atoms with Crippen LogP contribution in [0.4, 0.5) is 0 Å². The lowest BCUT2D eigenvalue weighted by Crippen LogP contribution is -1.93. The monoisotopic (exact) mass is 246 g/mol. The molecule has 1 aromatic carbocycles. The first-order chi connectivity index (χ1) is 6.65. The van der Waals surface area contributed by atoms with Crippen molar-refractivity contribution in [3.63, 3.8) is 0 Å². The number of rotatable bonds is 1. The van der Waals surface area contributed by atoms with Gasteiger partial charge in [0, 0.05) is 16.2 Å². The fourth-order valence-electron chi connectivity index (χ4n) is 1.11. The summed E-state index contributed by atoms with van der Waals surface area (Å²) < 4.78 is 1.61. The standard InChI is InChI=1S/C9H5Cl3N2/c10-6-1-7(11)3-9(2-6)14-5-8(12)4-13-14/h1-5H. The number of benzene rings is 1. The third-order valence-electron chi connectivity index (χ3n) is 1.66. The van der Waals surface area contributed by atoms with Crippen molar-refractivity contribution >= 4 is 34.8 Å². The Balaban J connectivity index is 2.51. The molecule has 0 spiro atoms. The predicted octanol–water partition coefficient (Wildman–Crippen LogP) is 3.83. The van der Waals surface area contributed by atoms with E-state index in [2.05, 4.69) is 5.10 Å². The van der Waals surface area contributed by atoms with Gasteiger partial charge in [0.15, 0.2) is 0 Å². The molecule has 0 unspecified atom stereocenters. The Morgan fingerprint density at radius 2 is 1.57 bits per heavy atom. The van der Waals surface area contributed by atoms with Gasteiger partial charge in [0.1, 0.15) is 0 Å². The predicted molar refractivity (Wildman–Crippen MR) is 58.6 cm³/mol. The molecule has 0 fully saturated rings. The van der Waals surface area contributed by atoms with E-state index in [0.717, 1.165) is 5.69 Å². The molecule has 0 aliphatic rings. The highest BCUT2D eigenvalue weighted by Crippen LogP contribution is 2.22. The summed E-state index contributed by atoms with van der Waals surface area (Å²) in [5, 5.41) is 5.74. The van der Waals surface area contributed by atoms with Crippen molar-refractivity contribution in [2.24, 2.45) is 0 Å². The summed E-state index contributed by atoms with van der Waals surface area (Å²) in [6.45, 7) is 0.